The fraction of sp³-hybridized carbons (Fsp3) is 0. The minimum atomic E-state index is 0.508. The molecule has 0 aliphatic carbocycles. The minimum Gasteiger partial charge on any atom is -0.278 e. The Morgan fingerprint density at radius 2 is 1.42 bits per heavy atom. The number of fused-ring (bicyclic) bond motifs is 2. The second-order valence-electron chi connectivity index (χ2n) is 8.22. The number of thioether (sulfide) groups is 1. The normalized spacial score (nSPS) is 15.0. The third kappa shape index (κ3) is 4.79. The van der Waals surface area contributed by atoms with E-state index in [1.165, 1.54) is 0 Å². The number of rotatable bonds is 4. The minimum absolute atomic E-state index is 0.508. The van der Waals surface area contributed by atoms with E-state index in [-0.39, 0.29) is 0 Å². The summed E-state index contributed by atoms with van der Waals surface area (Å²) >= 11 is 23.9. The first-order chi connectivity index (χ1) is 18.5. The first kappa shape index (κ1) is 25.3. The molecule has 2 bridgehead atoms. The van der Waals surface area contributed by atoms with Gasteiger partial charge >= 0.3 is 0 Å². The van der Waals surface area contributed by atoms with E-state index in [0.29, 0.717) is 32.4 Å². The van der Waals surface area contributed by atoms with Gasteiger partial charge in [0.1, 0.15) is 10.7 Å². The number of amidine groups is 1. The van der Waals surface area contributed by atoms with Gasteiger partial charge in [0, 0.05) is 20.1 Å². The van der Waals surface area contributed by atoms with Gasteiger partial charge in [0.15, 0.2) is 16.6 Å². The summed E-state index contributed by atoms with van der Waals surface area (Å²) in [6.45, 7) is 0. The summed E-state index contributed by atoms with van der Waals surface area (Å²) in [4.78, 5) is 9.96. The summed E-state index contributed by atoms with van der Waals surface area (Å²) in [6, 6.07) is 30.8. The van der Waals surface area contributed by atoms with E-state index in [1.807, 2.05) is 101 Å². The zero-order valence-electron chi connectivity index (χ0n) is 19.4. The third-order valence-electron chi connectivity index (χ3n) is 5.79. The van der Waals surface area contributed by atoms with Gasteiger partial charge in [-0.25, -0.2) is 4.99 Å². The van der Waals surface area contributed by atoms with Crippen molar-refractivity contribution in [2.75, 3.05) is 9.80 Å². The van der Waals surface area contributed by atoms with Crippen LogP contribution in [0.15, 0.2) is 132 Å². The Morgan fingerprint density at radius 1 is 0.763 bits per heavy atom. The number of nitrogens with zero attached hydrogens (tertiary/aromatic N) is 5. The standard InChI is InChI=1S/C28H16BrCl2N5S2/c29-17-9-13-19(14-10-17)35-26-25(34-33-22-6-2-1-5-21(22)31)27(38-24-8-4-3-7-23(24)32-26)36(28(35)37)20-15-11-18(30)12-16-20/h1-16H. The Labute approximate surface area is 247 Å². The molecule has 0 amide bonds. The molecule has 0 N–H and O–H groups in total. The van der Waals surface area contributed by atoms with Gasteiger partial charge in [0.2, 0.25) is 0 Å². The van der Waals surface area contributed by atoms with Crippen LogP contribution in [-0.4, -0.2) is 10.9 Å². The maximum Gasteiger partial charge on any atom is 0.191 e. The molecule has 10 heteroatoms. The van der Waals surface area contributed by atoms with Gasteiger partial charge in [-0.1, -0.05) is 75.2 Å². The van der Waals surface area contributed by atoms with Crippen molar-refractivity contribution in [3.63, 3.8) is 0 Å². The van der Waals surface area contributed by atoms with Crippen molar-refractivity contribution >= 4 is 96.8 Å². The topological polar surface area (TPSA) is 43.6 Å². The lowest BCUT2D eigenvalue weighted by Gasteiger charge is -2.39. The average Bonchev–Trinajstić information content (AvgIpc) is 3.04. The van der Waals surface area contributed by atoms with Gasteiger partial charge in [-0.05, 0) is 85.0 Å². The molecule has 38 heavy (non-hydrogen) atoms. The molecule has 2 aliphatic heterocycles. The number of hydrogen-bond acceptors (Lipinski definition) is 5. The molecule has 0 saturated heterocycles. The van der Waals surface area contributed by atoms with Crippen LogP contribution in [0.25, 0.3) is 0 Å². The summed E-state index contributed by atoms with van der Waals surface area (Å²) < 4.78 is 0.956. The third-order valence-corrected chi connectivity index (χ3v) is 8.39. The quantitative estimate of drug-likeness (QED) is 0.165. The van der Waals surface area contributed by atoms with Crippen molar-refractivity contribution in [2.24, 2.45) is 15.2 Å². The number of hydrogen-bond donors (Lipinski definition) is 0. The summed E-state index contributed by atoms with van der Waals surface area (Å²) in [7, 11) is 0. The molecule has 5 nitrogen and oxygen atoms in total. The number of halogens is 3. The molecule has 0 radical (unpaired) electrons. The molecule has 2 heterocycles. The van der Waals surface area contributed by atoms with Crippen LogP contribution in [0.2, 0.25) is 10.0 Å². The smallest absolute Gasteiger partial charge is 0.191 e. The second-order valence-corrected chi connectivity index (χ2v) is 11.4. The van der Waals surface area contributed by atoms with Crippen LogP contribution in [0, 0.1) is 0 Å². The molecule has 6 rings (SSSR count). The summed E-state index contributed by atoms with van der Waals surface area (Å²) in [6.07, 6.45) is 0. The number of aliphatic imine (C=N–C) groups is 1. The Bertz CT molecular complexity index is 1650. The van der Waals surface area contributed by atoms with E-state index in [2.05, 4.69) is 21.0 Å². The summed E-state index contributed by atoms with van der Waals surface area (Å²) in [5.41, 5.74) is 3.62. The maximum absolute atomic E-state index is 6.41. The molecule has 2 aliphatic rings. The molecule has 0 atom stereocenters. The number of anilines is 2. The highest BCUT2D eigenvalue weighted by Gasteiger charge is 2.39. The van der Waals surface area contributed by atoms with Crippen molar-refractivity contribution < 1.29 is 0 Å². The molecule has 0 unspecified atom stereocenters. The van der Waals surface area contributed by atoms with Crippen LogP contribution in [-0.2, 0) is 0 Å². The van der Waals surface area contributed by atoms with E-state index >= 15 is 0 Å². The molecule has 0 aromatic heterocycles. The Hall–Kier alpha value is -3.01. The van der Waals surface area contributed by atoms with E-state index in [0.717, 1.165) is 31.5 Å². The first-order valence-corrected chi connectivity index (χ1v) is 14.2. The van der Waals surface area contributed by atoms with E-state index < -0.39 is 0 Å². The predicted octanol–water partition coefficient (Wildman–Crippen LogP) is 10.2. The zero-order chi connectivity index (χ0) is 26.2. The van der Waals surface area contributed by atoms with Crippen LogP contribution in [0.1, 0.15) is 0 Å². The molecular formula is C28H16BrCl2N5S2. The Kier molecular flexibility index (Phi) is 7.07. The summed E-state index contributed by atoms with van der Waals surface area (Å²) in [5, 5.41) is 11.7. The molecule has 0 saturated carbocycles. The number of thiocarbonyl (C=S) groups is 1. The van der Waals surface area contributed by atoms with Crippen LogP contribution >= 0.6 is 63.1 Å². The van der Waals surface area contributed by atoms with Gasteiger partial charge < -0.3 is 0 Å². The number of para-hydroxylation sites is 1. The van der Waals surface area contributed by atoms with Crippen LogP contribution in [0.5, 0.6) is 0 Å². The average molecular weight is 637 g/mol. The van der Waals surface area contributed by atoms with Crippen LogP contribution in [0.3, 0.4) is 0 Å². The fourth-order valence-electron chi connectivity index (χ4n) is 4.00. The van der Waals surface area contributed by atoms with Gasteiger partial charge in [-0.2, -0.15) is 0 Å². The Balaban J connectivity index is 1.63. The number of azo groups is 1. The van der Waals surface area contributed by atoms with Gasteiger partial charge in [0.25, 0.3) is 0 Å². The molecular weight excluding hydrogens is 621 g/mol. The van der Waals surface area contributed by atoms with Crippen molar-refractivity contribution in [3.8, 4) is 0 Å². The van der Waals surface area contributed by atoms with Crippen molar-refractivity contribution in [2.45, 2.75) is 4.90 Å². The highest BCUT2D eigenvalue weighted by Crippen LogP contribution is 2.47. The zero-order valence-corrected chi connectivity index (χ0v) is 24.2. The van der Waals surface area contributed by atoms with Crippen molar-refractivity contribution in [1.29, 1.82) is 0 Å². The molecule has 4 aromatic carbocycles. The van der Waals surface area contributed by atoms with Gasteiger partial charge in [-0.3, -0.25) is 9.80 Å². The maximum atomic E-state index is 6.41. The SMILES string of the molecule is S=C1N(c2ccc(Br)cc2)C2=Nc3ccccc3SC(=C2N=Nc2ccccc2Cl)N1c1ccc(Cl)cc1. The highest BCUT2D eigenvalue weighted by molar-refractivity contribution is 9.10. The molecule has 0 spiro atoms. The molecule has 0 fully saturated rings. The molecule has 186 valence electrons. The van der Waals surface area contributed by atoms with Crippen molar-refractivity contribution in [1.82, 2.24) is 0 Å². The van der Waals surface area contributed by atoms with E-state index in [1.54, 1.807) is 17.8 Å². The van der Waals surface area contributed by atoms with Crippen LogP contribution in [0.4, 0.5) is 22.7 Å². The van der Waals surface area contributed by atoms with Gasteiger partial charge in [-0.15, -0.1) is 10.2 Å². The first-order valence-electron chi connectivity index (χ1n) is 11.4. The second kappa shape index (κ2) is 10.6. The molecule has 4 aromatic rings. The monoisotopic (exact) mass is 635 g/mol. The van der Waals surface area contributed by atoms with Crippen LogP contribution < -0.4 is 9.80 Å². The lowest BCUT2D eigenvalue weighted by Crippen LogP contribution is -2.50. The van der Waals surface area contributed by atoms with Gasteiger partial charge in [0.05, 0.1) is 16.4 Å². The lowest BCUT2D eigenvalue weighted by molar-refractivity contribution is 1.11. The highest BCUT2D eigenvalue weighted by atomic mass is 79.9. The predicted molar refractivity (Wildman–Crippen MR) is 166 cm³/mol. The van der Waals surface area contributed by atoms with E-state index in [4.69, 9.17) is 45.5 Å². The largest absolute Gasteiger partial charge is 0.278 e. The van der Waals surface area contributed by atoms with Crippen molar-refractivity contribution in [3.05, 3.63) is 122 Å². The van der Waals surface area contributed by atoms with E-state index in [9.17, 15) is 0 Å². The summed E-state index contributed by atoms with van der Waals surface area (Å²) in [5.74, 6) is 0.575. The fourth-order valence-corrected chi connectivity index (χ4v) is 6.10. The number of benzene rings is 4. The lowest BCUT2D eigenvalue weighted by atomic mass is 10.2. The Morgan fingerprint density at radius 3 is 2.18 bits per heavy atom.